The number of hydrogen-bond donors (Lipinski definition) is 1. The molecule has 5 rings (SSSR count). The normalized spacial score (nSPS) is 17.7. The molecule has 0 saturated carbocycles. The lowest BCUT2D eigenvalue weighted by molar-refractivity contribution is -0.129. The number of aryl methyl sites for hydroxylation is 2. The second kappa shape index (κ2) is 8.38. The fourth-order valence-corrected chi connectivity index (χ4v) is 4.97. The topological polar surface area (TPSA) is 113 Å². The lowest BCUT2D eigenvalue weighted by Crippen LogP contribution is -2.32. The molecule has 0 bridgehead atoms. The first-order chi connectivity index (χ1) is 15.5. The molecule has 11 heteroatoms. The Hall–Kier alpha value is -3.21. The summed E-state index contributed by atoms with van der Waals surface area (Å²) < 4.78 is 14.3. The van der Waals surface area contributed by atoms with Crippen molar-refractivity contribution >= 4 is 17.7 Å². The second-order valence-electron chi connectivity index (χ2n) is 7.93. The summed E-state index contributed by atoms with van der Waals surface area (Å²) in [6, 6.07) is 7.91. The van der Waals surface area contributed by atoms with E-state index in [1.807, 2.05) is 43.0 Å². The van der Waals surface area contributed by atoms with Crippen LogP contribution in [-0.2, 0) is 4.79 Å². The van der Waals surface area contributed by atoms with E-state index in [9.17, 15) is 4.79 Å². The van der Waals surface area contributed by atoms with Crippen molar-refractivity contribution in [1.29, 1.82) is 0 Å². The van der Waals surface area contributed by atoms with Crippen molar-refractivity contribution < 1.29 is 14.3 Å². The Bertz CT molecular complexity index is 1160. The summed E-state index contributed by atoms with van der Waals surface area (Å²) >= 11 is 1.28. The van der Waals surface area contributed by atoms with Gasteiger partial charge in [-0.3, -0.25) is 4.79 Å². The van der Waals surface area contributed by atoms with E-state index in [1.165, 1.54) is 16.4 Å². The number of rotatable bonds is 5. The fraction of sp³-hybridized carbons (Fsp3) is 0.429. The molecule has 2 aromatic heterocycles. The Morgan fingerprint density at radius 1 is 1.19 bits per heavy atom. The second-order valence-corrected chi connectivity index (χ2v) is 8.87. The SMILES string of the molecule is Cc1cc(C)n(-c2nnc(SCC(=O)N3CCCC3c3ccc4c(c3)OCCO4)n2N)n1. The number of nitrogens with two attached hydrogens (primary N) is 1. The van der Waals surface area contributed by atoms with Gasteiger partial charge in [0.2, 0.25) is 11.1 Å². The van der Waals surface area contributed by atoms with E-state index < -0.39 is 0 Å². The predicted molar refractivity (Wildman–Crippen MR) is 119 cm³/mol. The number of carbonyl (C=O) groups is 1. The van der Waals surface area contributed by atoms with Gasteiger partial charge < -0.3 is 20.2 Å². The van der Waals surface area contributed by atoms with Gasteiger partial charge in [0.1, 0.15) is 13.2 Å². The van der Waals surface area contributed by atoms with Crippen LogP contribution in [0.25, 0.3) is 5.95 Å². The van der Waals surface area contributed by atoms with E-state index in [0.717, 1.165) is 47.8 Å². The van der Waals surface area contributed by atoms with Gasteiger partial charge in [-0.2, -0.15) is 5.10 Å². The molecule has 10 nitrogen and oxygen atoms in total. The van der Waals surface area contributed by atoms with E-state index in [2.05, 4.69) is 15.3 Å². The van der Waals surface area contributed by atoms with Crippen molar-refractivity contribution in [2.24, 2.45) is 0 Å². The minimum Gasteiger partial charge on any atom is -0.486 e. The third kappa shape index (κ3) is 3.77. The van der Waals surface area contributed by atoms with Crippen LogP contribution in [0.5, 0.6) is 11.5 Å². The van der Waals surface area contributed by atoms with Crippen molar-refractivity contribution in [1.82, 2.24) is 29.6 Å². The van der Waals surface area contributed by atoms with E-state index >= 15 is 0 Å². The molecule has 2 aliphatic heterocycles. The Morgan fingerprint density at radius 2 is 2.00 bits per heavy atom. The number of thioether (sulfide) groups is 1. The van der Waals surface area contributed by atoms with E-state index in [0.29, 0.717) is 24.3 Å². The number of benzene rings is 1. The zero-order valence-electron chi connectivity index (χ0n) is 18.0. The summed E-state index contributed by atoms with van der Waals surface area (Å²) in [6.45, 7) is 5.66. The average molecular weight is 456 g/mol. The summed E-state index contributed by atoms with van der Waals surface area (Å²) in [5.41, 5.74) is 2.85. The van der Waals surface area contributed by atoms with Crippen LogP contribution in [-0.4, -0.2) is 61.0 Å². The van der Waals surface area contributed by atoms with Crippen molar-refractivity contribution in [2.45, 2.75) is 37.9 Å². The molecule has 1 saturated heterocycles. The maximum absolute atomic E-state index is 13.1. The minimum absolute atomic E-state index is 0.0277. The highest BCUT2D eigenvalue weighted by Crippen LogP contribution is 2.38. The van der Waals surface area contributed by atoms with Gasteiger partial charge in [0.15, 0.2) is 11.5 Å². The number of hydrogen-bond acceptors (Lipinski definition) is 8. The van der Waals surface area contributed by atoms with Crippen LogP contribution >= 0.6 is 11.8 Å². The third-order valence-corrected chi connectivity index (χ3v) is 6.62. The van der Waals surface area contributed by atoms with Gasteiger partial charge >= 0.3 is 0 Å². The minimum atomic E-state index is 0.0277. The molecule has 2 N–H and O–H groups in total. The lowest BCUT2D eigenvalue weighted by Gasteiger charge is -2.26. The largest absolute Gasteiger partial charge is 0.486 e. The zero-order valence-corrected chi connectivity index (χ0v) is 18.8. The van der Waals surface area contributed by atoms with Crippen LogP contribution < -0.4 is 15.3 Å². The Morgan fingerprint density at radius 3 is 2.78 bits per heavy atom. The number of aromatic nitrogens is 5. The maximum atomic E-state index is 13.1. The van der Waals surface area contributed by atoms with E-state index in [-0.39, 0.29) is 17.7 Å². The highest BCUT2D eigenvalue weighted by Gasteiger charge is 2.31. The molecule has 2 aliphatic rings. The number of carbonyl (C=O) groups excluding carboxylic acids is 1. The number of nitrogens with zero attached hydrogens (tertiary/aromatic N) is 6. The summed E-state index contributed by atoms with van der Waals surface area (Å²) in [7, 11) is 0. The van der Waals surface area contributed by atoms with Crippen LogP contribution in [0.3, 0.4) is 0 Å². The van der Waals surface area contributed by atoms with Crippen LogP contribution in [0.4, 0.5) is 0 Å². The van der Waals surface area contributed by atoms with Gasteiger partial charge in [0, 0.05) is 12.2 Å². The van der Waals surface area contributed by atoms with E-state index in [4.69, 9.17) is 15.3 Å². The summed E-state index contributed by atoms with van der Waals surface area (Å²) in [4.78, 5) is 15.0. The molecule has 1 amide bonds. The molecule has 1 aromatic carbocycles. The highest BCUT2D eigenvalue weighted by molar-refractivity contribution is 7.99. The van der Waals surface area contributed by atoms with Gasteiger partial charge in [0.25, 0.3) is 5.95 Å². The van der Waals surface area contributed by atoms with Crippen molar-refractivity contribution in [3.63, 3.8) is 0 Å². The van der Waals surface area contributed by atoms with Crippen LogP contribution in [0.1, 0.15) is 35.8 Å². The predicted octanol–water partition coefficient (Wildman–Crippen LogP) is 2.02. The first-order valence-corrected chi connectivity index (χ1v) is 11.6. The lowest BCUT2D eigenvalue weighted by atomic mass is 10.0. The molecule has 0 radical (unpaired) electrons. The molecular formula is C21H25N7O3S. The Labute approximate surface area is 189 Å². The molecule has 3 aromatic rings. The standard InChI is InChI=1S/C21H25N7O3S/c1-13-10-14(2)28(25-13)20-23-24-21(27(20)22)32-12-19(29)26-7-3-4-16(26)15-5-6-17-18(11-15)31-9-8-30-17/h5-6,10-11,16H,3-4,7-9,12,22H2,1-2H3. The van der Waals surface area contributed by atoms with Crippen LogP contribution in [0, 0.1) is 13.8 Å². The maximum Gasteiger partial charge on any atom is 0.271 e. The summed E-state index contributed by atoms with van der Waals surface area (Å²) in [6.07, 6.45) is 1.88. The quantitative estimate of drug-likeness (QED) is 0.459. The molecule has 1 atom stereocenters. The zero-order chi connectivity index (χ0) is 22.2. The average Bonchev–Trinajstić information content (AvgIpc) is 3.50. The molecule has 4 heterocycles. The number of likely N-dealkylation sites (tertiary alicyclic amines) is 1. The van der Waals surface area contributed by atoms with Crippen molar-refractivity contribution in [3.8, 4) is 17.4 Å². The Balaban J connectivity index is 1.28. The van der Waals surface area contributed by atoms with Crippen LogP contribution in [0.2, 0.25) is 0 Å². The number of nitrogen functional groups attached to an aromatic ring is 1. The van der Waals surface area contributed by atoms with Gasteiger partial charge in [-0.25, -0.2) is 9.36 Å². The first kappa shape index (κ1) is 20.7. The van der Waals surface area contributed by atoms with Crippen LogP contribution in [0.15, 0.2) is 29.4 Å². The smallest absolute Gasteiger partial charge is 0.271 e. The molecule has 32 heavy (non-hydrogen) atoms. The first-order valence-electron chi connectivity index (χ1n) is 10.6. The third-order valence-electron chi connectivity index (χ3n) is 5.69. The van der Waals surface area contributed by atoms with Gasteiger partial charge in [-0.15, -0.1) is 10.2 Å². The summed E-state index contributed by atoms with van der Waals surface area (Å²) in [5.74, 6) is 8.39. The van der Waals surface area contributed by atoms with Gasteiger partial charge in [-0.1, -0.05) is 17.8 Å². The fourth-order valence-electron chi connectivity index (χ4n) is 4.23. The monoisotopic (exact) mass is 455 g/mol. The van der Waals surface area contributed by atoms with Gasteiger partial charge in [0.05, 0.1) is 17.5 Å². The van der Waals surface area contributed by atoms with E-state index in [1.54, 1.807) is 4.68 Å². The molecule has 0 spiro atoms. The molecule has 1 unspecified atom stereocenters. The van der Waals surface area contributed by atoms with Gasteiger partial charge in [-0.05, 0) is 50.5 Å². The molecular weight excluding hydrogens is 430 g/mol. The Kier molecular flexibility index (Phi) is 5.41. The molecule has 1 fully saturated rings. The van der Waals surface area contributed by atoms with Crippen molar-refractivity contribution in [3.05, 3.63) is 41.2 Å². The number of amides is 1. The molecule has 168 valence electrons. The number of fused-ring (bicyclic) bond motifs is 1. The summed E-state index contributed by atoms with van der Waals surface area (Å²) in [5, 5.41) is 13.2. The molecule has 0 aliphatic carbocycles. The highest BCUT2D eigenvalue weighted by atomic mass is 32.2. The van der Waals surface area contributed by atoms with Crippen molar-refractivity contribution in [2.75, 3.05) is 31.4 Å². The number of ether oxygens (including phenoxy) is 2.